The molecule has 1 amide bonds. The zero-order valence-electron chi connectivity index (χ0n) is 10.4. The zero-order valence-corrected chi connectivity index (χ0v) is 10.4. The first kappa shape index (κ1) is 13.5. The molecule has 1 unspecified atom stereocenters. The van der Waals surface area contributed by atoms with Gasteiger partial charge >= 0.3 is 0 Å². The average Bonchev–Trinajstić information content (AvgIpc) is 2.35. The third-order valence-electron chi connectivity index (χ3n) is 3.31. The van der Waals surface area contributed by atoms with Crippen LogP contribution in [0.15, 0.2) is 0 Å². The molecule has 0 spiro atoms. The molecule has 1 heterocycles. The standard InChI is InChI=1S/C12H24N2O2/c1-3-13-8-10(2)12(16)14-6-4-11(9-15)5-7-14/h10-11,13,15H,3-9H2,1-2H3. The van der Waals surface area contributed by atoms with Crippen molar-refractivity contribution >= 4 is 5.91 Å². The first-order chi connectivity index (χ1) is 7.69. The Kier molecular flexibility index (Phi) is 5.77. The minimum absolute atomic E-state index is 0.0608. The lowest BCUT2D eigenvalue weighted by Gasteiger charge is -2.33. The van der Waals surface area contributed by atoms with Gasteiger partial charge in [0.15, 0.2) is 0 Å². The van der Waals surface area contributed by atoms with Crippen LogP contribution in [0, 0.1) is 11.8 Å². The number of rotatable bonds is 5. The van der Waals surface area contributed by atoms with Crippen LogP contribution in [0.2, 0.25) is 0 Å². The van der Waals surface area contributed by atoms with Crippen molar-refractivity contribution in [1.82, 2.24) is 10.2 Å². The van der Waals surface area contributed by atoms with Gasteiger partial charge in [-0.3, -0.25) is 4.79 Å². The van der Waals surface area contributed by atoms with Crippen LogP contribution in [-0.4, -0.2) is 48.7 Å². The van der Waals surface area contributed by atoms with Crippen LogP contribution in [0.4, 0.5) is 0 Å². The molecule has 1 aliphatic rings. The maximum Gasteiger partial charge on any atom is 0.226 e. The van der Waals surface area contributed by atoms with E-state index < -0.39 is 0 Å². The molecule has 0 aromatic heterocycles. The van der Waals surface area contributed by atoms with Gasteiger partial charge < -0.3 is 15.3 Å². The van der Waals surface area contributed by atoms with Crippen molar-refractivity contribution in [3.8, 4) is 0 Å². The first-order valence-corrected chi connectivity index (χ1v) is 6.29. The minimum Gasteiger partial charge on any atom is -0.396 e. The largest absolute Gasteiger partial charge is 0.396 e. The summed E-state index contributed by atoms with van der Waals surface area (Å²) in [4.78, 5) is 14.0. The van der Waals surface area contributed by atoms with E-state index >= 15 is 0 Å². The number of carbonyl (C=O) groups is 1. The molecule has 0 aromatic rings. The van der Waals surface area contributed by atoms with Crippen molar-refractivity contribution in [3.05, 3.63) is 0 Å². The Bertz CT molecular complexity index is 213. The number of nitrogens with one attached hydrogen (secondary N) is 1. The second-order valence-corrected chi connectivity index (χ2v) is 4.66. The topological polar surface area (TPSA) is 52.6 Å². The Morgan fingerprint density at radius 2 is 2.12 bits per heavy atom. The third kappa shape index (κ3) is 3.76. The summed E-state index contributed by atoms with van der Waals surface area (Å²) in [7, 11) is 0. The highest BCUT2D eigenvalue weighted by Gasteiger charge is 2.25. The summed E-state index contributed by atoms with van der Waals surface area (Å²) >= 11 is 0. The van der Waals surface area contributed by atoms with E-state index in [4.69, 9.17) is 5.11 Å². The van der Waals surface area contributed by atoms with Gasteiger partial charge in [-0.2, -0.15) is 0 Å². The van der Waals surface area contributed by atoms with Crippen molar-refractivity contribution < 1.29 is 9.90 Å². The Morgan fingerprint density at radius 3 is 2.62 bits per heavy atom. The lowest BCUT2D eigenvalue weighted by Crippen LogP contribution is -2.43. The van der Waals surface area contributed by atoms with Gasteiger partial charge in [-0.15, -0.1) is 0 Å². The van der Waals surface area contributed by atoms with Gasteiger partial charge in [0.05, 0.1) is 0 Å². The van der Waals surface area contributed by atoms with E-state index in [9.17, 15) is 4.79 Å². The number of amides is 1. The van der Waals surface area contributed by atoms with E-state index in [0.29, 0.717) is 5.92 Å². The second kappa shape index (κ2) is 6.86. The lowest BCUT2D eigenvalue weighted by molar-refractivity contribution is -0.136. The molecule has 4 heteroatoms. The number of carbonyl (C=O) groups excluding carboxylic acids is 1. The lowest BCUT2D eigenvalue weighted by atomic mass is 9.97. The van der Waals surface area contributed by atoms with Gasteiger partial charge in [-0.1, -0.05) is 13.8 Å². The Balaban J connectivity index is 2.32. The van der Waals surface area contributed by atoms with Gasteiger partial charge in [0.25, 0.3) is 0 Å². The summed E-state index contributed by atoms with van der Waals surface area (Å²) in [5.74, 6) is 0.705. The number of likely N-dealkylation sites (tertiary alicyclic amines) is 1. The molecule has 1 aliphatic heterocycles. The van der Waals surface area contributed by atoms with Gasteiger partial charge in [-0.05, 0) is 25.3 Å². The van der Waals surface area contributed by atoms with E-state index in [-0.39, 0.29) is 18.4 Å². The molecule has 0 aromatic carbocycles. The van der Waals surface area contributed by atoms with Gasteiger partial charge in [0.2, 0.25) is 5.91 Å². The number of aliphatic hydroxyl groups excluding tert-OH is 1. The summed E-state index contributed by atoms with van der Waals surface area (Å²) < 4.78 is 0. The normalized spacial score (nSPS) is 19.8. The number of hydrogen-bond donors (Lipinski definition) is 2. The van der Waals surface area contributed by atoms with E-state index in [0.717, 1.165) is 39.0 Å². The molecule has 16 heavy (non-hydrogen) atoms. The molecule has 0 saturated carbocycles. The van der Waals surface area contributed by atoms with E-state index in [2.05, 4.69) is 5.32 Å². The molecule has 1 saturated heterocycles. The Labute approximate surface area is 98.0 Å². The summed E-state index contributed by atoms with van der Waals surface area (Å²) in [6.07, 6.45) is 1.88. The summed E-state index contributed by atoms with van der Waals surface area (Å²) in [5, 5.41) is 12.2. The molecule has 4 nitrogen and oxygen atoms in total. The van der Waals surface area contributed by atoms with Crippen molar-refractivity contribution in [1.29, 1.82) is 0 Å². The van der Waals surface area contributed by atoms with E-state index in [1.165, 1.54) is 0 Å². The molecule has 1 atom stereocenters. The number of aliphatic hydroxyl groups is 1. The summed E-state index contributed by atoms with van der Waals surface area (Å²) in [6, 6.07) is 0. The average molecular weight is 228 g/mol. The number of piperidine rings is 1. The van der Waals surface area contributed by atoms with Crippen molar-refractivity contribution in [2.75, 3.05) is 32.8 Å². The Hall–Kier alpha value is -0.610. The van der Waals surface area contributed by atoms with Crippen LogP contribution in [0.25, 0.3) is 0 Å². The maximum atomic E-state index is 12.0. The summed E-state index contributed by atoms with van der Waals surface area (Å²) in [5.41, 5.74) is 0. The SMILES string of the molecule is CCNCC(C)C(=O)N1CCC(CO)CC1. The monoisotopic (exact) mass is 228 g/mol. The van der Waals surface area contributed by atoms with Gasteiger partial charge in [0, 0.05) is 32.2 Å². The molecular weight excluding hydrogens is 204 g/mol. The highest BCUT2D eigenvalue weighted by atomic mass is 16.3. The predicted molar refractivity (Wildman–Crippen MR) is 64.1 cm³/mol. The number of hydrogen-bond acceptors (Lipinski definition) is 3. The van der Waals surface area contributed by atoms with Gasteiger partial charge in [-0.25, -0.2) is 0 Å². The van der Waals surface area contributed by atoms with E-state index in [1.807, 2.05) is 18.7 Å². The predicted octanol–water partition coefficient (Wildman–Crippen LogP) is 0.463. The highest BCUT2D eigenvalue weighted by molar-refractivity contribution is 5.78. The van der Waals surface area contributed by atoms with Crippen LogP contribution < -0.4 is 5.32 Å². The molecular formula is C12H24N2O2. The maximum absolute atomic E-state index is 12.0. The molecule has 2 N–H and O–H groups in total. The van der Waals surface area contributed by atoms with Crippen LogP contribution in [-0.2, 0) is 4.79 Å². The minimum atomic E-state index is 0.0608. The van der Waals surface area contributed by atoms with Crippen molar-refractivity contribution in [2.45, 2.75) is 26.7 Å². The van der Waals surface area contributed by atoms with Crippen LogP contribution in [0.5, 0.6) is 0 Å². The summed E-state index contributed by atoms with van der Waals surface area (Å²) in [6.45, 7) is 7.56. The van der Waals surface area contributed by atoms with Crippen molar-refractivity contribution in [3.63, 3.8) is 0 Å². The molecule has 0 bridgehead atoms. The smallest absolute Gasteiger partial charge is 0.226 e. The fraction of sp³-hybridized carbons (Fsp3) is 0.917. The third-order valence-corrected chi connectivity index (χ3v) is 3.31. The second-order valence-electron chi connectivity index (χ2n) is 4.66. The van der Waals surface area contributed by atoms with Crippen molar-refractivity contribution in [2.24, 2.45) is 11.8 Å². The number of nitrogens with zero attached hydrogens (tertiary/aromatic N) is 1. The fourth-order valence-electron chi connectivity index (χ4n) is 2.10. The molecule has 1 fully saturated rings. The van der Waals surface area contributed by atoms with E-state index in [1.54, 1.807) is 0 Å². The Morgan fingerprint density at radius 1 is 1.50 bits per heavy atom. The quantitative estimate of drug-likeness (QED) is 0.719. The molecule has 1 rings (SSSR count). The van der Waals surface area contributed by atoms with Crippen LogP contribution in [0.3, 0.4) is 0 Å². The van der Waals surface area contributed by atoms with Gasteiger partial charge in [0.1, 0.15) is 0 Å². The fourth-order valence-corrected chi connectivity index (χ4v) is 2.10. The van der Waals surface area contributed by atoms with Crippen LogP contribution in [0.1, 0.15) is 26.7 Å². The van der Waals surface area contributed by atoms with Crippen LogP contribution >= 0.6 is 0 Å². The highest BCUT2D eigenvalue weighted by Crippen LogP contribution is 2.17. The molecule has 0 aliphatic carbocycles. The first-order valence-electron chi connectivity index (χ1n) is 6.29. The zero-order chi connectivity index (χ0) is 12.0. The molecule has 94 valence electrons. The molecule has 0 radical (unpaired) electrons.